The molecule has 2 unspecified atom stereocenters. The van der Waals surface area contributed by atoms with Gasteiger partial charge < -0.3 is 19.9 Å². The van der Waals surface area contributed by atoms with E-state index in [1.54, 1.807) is 6.07 Å². The summed E-state index contributed by atoms with van der Waals surface area (Å²) in [6, 6.07) is 5.61. The minimum Gasteiger partial charge on any atom is -0.396 e. The molecule has 0 saturated carbocycles. The fourth-order valence-electron chi connectivity index (χ4n) is 3.07. The number of aliphatic hydroxyl groups excluding tert-OH is 1. The van der Waals surface area contributed by atoms with Gasteiger partial charge in [-0.2, -0.15) is 0 Å². The first-order valence-electron chi connectivity index (χ1n) is 7.58. The number of hydrogen-bond acceptors (Lipinski definition) is 4. The third kappa shape index (κ3) is 3.42. The van der Waals surface area contributed by atoms with Gasteiger partial charge in [-0.05, 0) is 30.2 Å². The van der Waals surface area contributed by atoms with Crippen LogP contribution in [-0.2, 0) is 9.47 Å². The molecule has 2 saturated heterocycles. The fraction of sp³-hybridized carbons (Fsp3) is 0.625. The fourth-order valence-corrected chi connectivity index (χ4v) is 3.48. The van der Waals surface area contributed by atoms with Crippen molar-refractivity contribution in [3.8, 4) is 0 Å². The van der Waals surface area contributed by atoms with Crippen LogP contribution >= 0.6 is 23.2 Å². The molecule has 2 aliphatic heterocycles. The van der Waals surface area contributed by atoms with Crippen LogP contribution in [0.25, 0.3) is 0 Å². The van der Waals surface area contributed by atoms with Crippen LogP contribution < -0.4 is 5.32 Å². The van der Waals surface area contributed by atoms with Gasteiger partial charge in [0.1, 0.15) is 0 Å². The normalized spacial score (nSPS) is 25.0. The Bertz CT molecular complexity index is 511. The lowest BCUT2D eigenvalue weighted by atomic mass is 9.85. The van der Waals surface area contributed by atoms with Crippen LogP contribution in [0.15, 0.2) is 18.2 Å². The summed E-state index contributed by atoms with van der Waals surface area (Å²) >= 11 is 12.5. The maximum Gasteiger partial charge on any atom is 0.0579 e. The van der Waals surface area contributed by atoms with E-state index in [0.29, 0.717) is 42.3 Å². The largest absolute Gasteiger partial charge is 0.396 e. The quantitative estimate of drug-likeness (QED) is 0.832. The molecule has 4 nitrogen and oxygen atoms in total. The number of nitrogens with one attached hydrogen (secondary N) is 1. The molecule has 2 atom stereocenters. The Morgan fingerprint density at radius 2 is 2.14 bits per heavy atom. The van der Waals surface area contributed by atoms with Crippen molar-refractivity contribution in [1.82, 2.24) is 5.32 Å². The van der Waals surface area contributed by atoms with Crippen LogP contribution in [0.3, 0.4) is 0 Å². The number of halogens is 2. The molecule has 2 heterocycles. The van der Waals surface area contributed by atoms with Gasteiger partial charge in [-0.25, -0.2) is 0 Å². The Morgan fingerprint density at radius 1 is 1.32 bits per heavy atom. The highest BCUT2D eigenvalue weighted by atomic mass is 35.5. The summed E-state index contributed by atoms with van der Waals surface area (Å²) in [4.78, 5) is 0. The summed E-state index contributed by atoms with van der Waals surface area (Å²) in [5, 5.41) is 14.5. The first kappa shape index (κ1) is 16.5. The second-order valence-corrected chi connectivity index (χ2v) is 7.14. The Kier molecular flexibility index (Phi) is 5.28. The molecule has 1 aromatic rings. The van der Waals surface area contributed by atoms with Crippen molar-refractivity contribution in [2.45, 2.75) is 12.5 Å². The predicted octanol–water partition coefficient (Wildman–Crippen LogP) is 2.67. The molecular formula is C16H21Cl2NO3. The van der Waals surface area contributed by atoms with Crippen molar-refractivity contribution in [3.63, 3.8) is 0 Å². The van der Waals surface area contributed by atoms with Gasteiger partial charge in [-0.15, -0.1) is 0 Å². The van der Waals surface area contributed by atoms with Crippen molar-refractivity contribution < 1.29 is 14.6 Å². The van der Waals surface area contributed by atoms with E-state index in [-0.39, 0.29) is 18.1 Å². The highest BCUT2D eigenvalue weighted by Gasteiger charge is 2.39. The second kappa shape index (κ2) is 7.04. The topological polar surface area (TPSA) is 50.7 Å². The van der Waals surface area contributed by atoms with Crippen LogP contribution in [0.1, 0.15) is 18.0 Å². The van der Waals surface area contributed by atoms with E-state index in [4.69, 9.17) is 32.7 Å². The van der Waals surface area contributed by atoms with E-state index in [1.807, 2.05) is 12.1 Å². The minimum atomic E-state index is -0.178. The minimum absolute atomic E-state index is 0.0673. The number of benzene rings is 1. The second-order valence-electron chi connectivity index (χ2n) is 6.30. The lowest BCUT2D eigenvalue weighted by molar-refractivity contribution is -0.135. The number of rotatable bonds is 6. The summed E-state index contributed by atoms with van der Waals surface area (Å²) in [6.07, 6.45) is 0.989. The van der Waals surface area contributed by atoms with Gasteiger partial charge in [0.05, 0.1) is 31.8 Å². The first-order chi connectivity index (χ1) is 10.6. The molecule has 0 aliphatic carbocycles. The van der Waals surface area contributed by atoms with Gasteiger partial charge in [0.2, 0.25) is 0 Å². The molecule has 0 aromatic heterocycles. The maximum absolute atomic E-state index is 9.59. The van der Waals surface area contributed by atoms with E-state index in [0.717, 1.165) is 18.6 Å². The number of aliphatic hydroxyl groups is 1. The van der Waals surface area contributed by atoms with E-state index < -0.39 is 0 Å². The van der Waals surface area contributed by atoms with Gasteiger partial charge in [0.15, 0.2) is 0 Å². The third-order valence-corrected chi connectivity index (χ3v) is 5.16. The summed E-state index contributed by atoms with van der Waals surface area (Å²) in [6.45, 7) is 3.48. The third-order valence-electron chi connectivity index (χ3n) is 4.58. The van der Waals surface area contributed by atoms with Crippen LogP contribution in [-0.4, -0.2) is 44.7 Å². The van der Waals surface area contributed by atoms with Crippen molar-refractivity contribution >= 4 is 23.2 Å². The molecule has 0 radical (unpaired) electrons. The van der Waals surface area contributed by atoms with E-state index >= 15 is 0 Å². The Balaban J connectivity index is 1.79. The van der Waals surface area contributed by atoms with Crippen LogP contribution in [0.5, 0.6) is 0 Å². The van der Waals surface area contributed by atoms with Crippen molar-refractivity contribution in [3.05, 3.63) is 33.8 Å². The summed E-state index contributed by atoms with van der Waals surface area (Å²) in [5.74, 6) is 0.354. The molecule has 2 N–H and O–H groups in total. The monoisotopic (exact) mass is 345 g/mol. The van der Waals surface area contributed by atoms with Gasteiger partial charge in [-0.1, -0.05) is 23.2 Å². The molecule has 3 rings (SSSR count). The maximum atomic E-state index is 9.59. The van der Waals surface area contributed by atoms with Crippen molar-refractivity contribution in [2.24, 2.45) is 11.3 Å². The standard InChI is InChI=1S/C16H21Cl2NO3/c17-12-1-2-14(18)13(5-12)15(11-3-4-21-6-11)19-7-16(8-20)9-22-10-16/h1-2,5,11,15,19-20H,3-4,6-10H2. The molecule has 122 valence electrons. The first-order valence-corrected chi connectivity index (χ1v) is 8.34. The zero-order chi connectivity index (χ0) is 15.6. The van der Waals surface area contributed by atoms with Gasteiger partial charge in [-0.3, -0.25) is 0 Å². The average molecular weight is 346 g/mol. The summed E-state index contributed by atoms with van der Waals surface area (Å²) in [7, 11) is 0. The molecule has 1 aromatic carbocycles. The number of ether oxygens (including phenoxy) is 2. The van der Waals surface area contributed by atoms with E-state index in [2.05, 4.69) is 5.32 Å². The van der Waals surface area contributed by atoms with Gasteiger partial charge >= 0.3 is 0 Å². The van der Waals surface area contributed by atoms with Crippen molar-refractivity contribution in [1.29, 1.82) is 0 Å². The molecule has 22 heavy (non-hydrogen) atoms. The zero-order valence-electron chi connectivity index (χ0n) is 12.4. The molecule has 0 spiro atoms. The Labute approximate surface area is 140 Å². The number of hydrogen-bond donors (Lipinski definition) is 2. The van der Waals surface area contributed by atoms with E-state index in [1.165, 1.54) is 0 Å². The average Bonchev–Trinajstić information content (AvgIpc) is 2.99. The predicted molar refractivity (Wildman–Crippen MR) is 86.5 cm³/mol. The smallest absolute Gasteiger partial charge is 0.0579 e. The van der Waals surface area contributed by atoms with Crippen molar-refractivity contribution in [2.75, 3.05) is 39.6 Å². The van der Waals surface area contributed by atoms with Gasteiger partial charge in [0.25, 0.3) is 0 Å². The van der Waals surface area contributed by atoms with Crippen LogP contribution in [0.2, 0.25) is 10.0 Å². The van der Waals surface area contributed by atoms with E-state index in [9.17, 15) is 5.11 Å². The lowest BCUT2D eigenvalue weighted by Crippen LogP contribution is -2.53. The summed E-state index contributed by atoms with van der Waals surface area (Å²) < 4.78 is 10.8. The SMILES string of the molecule is OCC1(CNC(c2cc(Cl)ccc2Cl)C2CCOC2)COC1. The lowest BCUT2D eigenvalue weighted by Gasteiger charge is -2.41. The molecule has 0 amide bonds. The Morgan fingerprint density at radius 3 is 2.73 bits per heavy atom. The molecule has 6 heteroatoms. The van der Waals surface area contributed by atoms with Crippen LogP contribution in [0, 0.1) is 11.3 Å². The molecule has 2 aliphatic rings. The highest BCUT2D eigenvalue weighted by Crippen LogP contribution is 2.36. The molecule has 2 fully saturated rings. The highest BCUT2D eigenvalue weighted by molar-refractivity contribution is 6.33. The Hall–Kier alpha value is -0.360. The zero-order valence-corrected chi connectivity index (χ0v) is 13.9. The van der Waals surface area contributed by atoms with Gasteiger partial charge in [0, 0.05) is 35.2 Å². The summed E-state index contributed by atoms with van der Waals surface area (Å²) in [5.41, 5.74) is 0.820. The molecule has 0 bridgehead atoms. The molecular weight excluding hydrogens is 325 g/mol. The van der Waals surface area contributed by atoms with Crippen LogP contribution in [0.4, 0.5) is 0 Å².